The second-order valence-corrected chi connectivity index (χ2v) is 8.43. The van der Waals surface area contributed by atoms with E-state index in [0.717, 1.165) is 21.9 Å². The molecule has 0 saturated carbocycles. The number of ether oxygens (including phenoxy) is 1. The molecule has 3 heterocycles. The summed E-state index contributed by atoms with van der Waals surface area (Å²) in [6.07, 6.45) is 9.34. The predicted octanol–water partition coefficient (Wildman–Crippen LogP) is 4.90. The third-order valence-corrected chi connectivity index (χ3v) is 4.92. The number of carbonyl (C=O) groups is 1. The Balaban J connectivity index is 0.00000145. The average molecular weight is 415 g/mol. The number of allylic oxidation sites excluding steroid dienone is 1. The van der Waals surface area contributed by atoms with E-state index in [2.05, 4.69) is 41.4 Å². The van der Waals surface area contributed by atoms with E-state index in [-0.39, 0.29) is 24.0 Å². The molecule has 2 aromatic heterocycles. The number of aromatic nitrogens is 2. The van der Waals surface area contributed by atoms with Gasteiger partial charge in [0, 0.05) is 34.6 Å². The van der Waals surface area contributed by atoms with Crippen molar-refractivity contribution in [1.29, 1.82) is 0 Å². The van der Waals surface area contributed by atoms with Gasteiger partial charge in [0.1, 0.15) is 5.76 Å². The number of nitrogens with one attached hydrogen (secondary N) is 2. The monoisotopic (exact) mass is 414 g/mol. The van der Waals surface area contributed by atoms with Gasteiger partial charge in [0.25, 0.3) is 0 Å². The van der Waals surface area contributed by atoms with Gasteiger partial charge in [-0.3, -0.25) is 9.78 Å². The van der Waals surface area contributed by atoms with E-state index in [1.54, 1.807) is 12.4 Å². The molecule has 1 aliphatic rings. The number of hydrogen-bond acceptors (Lipinski definition) is 6. The van der Waals surface area contributed by atoms with Gasteiger partial charge in [-0.1, -0.05) is 52.0 Å². The molecule has 0 spiro atoms. The van der Waals surface area contributed by atoms with Crippen LogP contribution in [0.1, 0.15) is 50.8 Å². The van der Waals surface area contributed by atoms with Crippen LogP contribution in [-0.2, 0) is 16.0 Å². The highest BCUT2D eigenvalue weighted by atomic mass is 32.1. The standard InChI is InChI=1S/C20H24N4O2S.C2H6/c1-13-14(6-5-9-21-13)10-17(25)24-19-23-11-15(27-19)7-8-18-22-12-16(26-18)20(2,3)4;1-2/h5-9,11-12,18,22H,10H2,1-4H3,(H,23,24,25);1-2H3/b8-7+;. The largest absolute Gasteiger partial charge is 0.469 e. The van der Waals surface area contributed by atoms with Gasteiger partial charge in [0.05, 0.1) is 6.42 Å². The van der Waals surface area contributed by atoms with E-state index in [1.807, 2.05) is 51.3 Å². The van der Waals surface area contributed by atoms with E-state index in [4.69, 9.17) is 4.74 Å². The van der Waals surface area contributed by atoms with Gasteiger partial charge < -0.3 is 15.4 Å². The number of pyridine rings is 1. The van der Waals surface area contributed by atoms with Crippen molar-refractivity contribution in [2.24, 2.45) is 5.41 Å². The zero-order valence-electron chi connectivity index (χ0n) is 17.9. The first-order valence-electron chi connectivity index (χ1n) is 9.79. The lowest BCUT2D eigenvalue weighted by molar-refractivity contribution is -0.115. The topological polar surface area (TPSA) is 76.1 Å². The Labute approximate surface area is 177 Å². The van der Waals surface area contributed by atoms with Crippen LogP contribution in [0.25, 0.3) is 6.08 Å². The van der Waals surface area contributed by atoms with E-state index in [9.17, 15) is 4.79 Å². The molecule has 6 nitrogen and oxygen atoms in total. The van der Waals surface area contributed by atoms with Crippen LogP contribution in [0.3, 0.4) is 0 Å². The maximum absolute atomic E-state index is 12.2. The second kappa shape index (κ2) is 10.2. The summed E-state index contributed by atoms with van der Waals surface area (Å²) in [5.41, 5.74) is 1.76. The molecule has 156 valence electrons. The summed E-state index contributed by atoms with van der Waals surface area (Å²) in [5.74, 6) is 0.830. The number of rotatable bonds is 5. The van der Waals surface area contributed by atoms with Crippen LogP contribution in [0.2, 0.25) is 0 Å². The molecule has 0 radical (unpaired) electrons. The molecule has 2 aromatic rings. The molecule has 0 saturated heterocycles. The van der Waals surface area contributed by atoms with Crippen LogP contribution in [-0.4, -0.2) is 22.1 Å². The second-order valence-electron chi connectivity index (χ2n) is 7.36. The van der Waals surface area contributed by atoms with Gasteiger partial charge in [0.15, 0.2) is 11.4 Å². The molecule has 3 rings (SSSR count). The van der Waals surface area contributed by atoms with Gasteiger partial charge in [-0.15, -0.1) is 0 Å². The summed E-state index contributed by atoms with van der Waals surface area (Å²) in [6.45, 7) is 12.2. The van der Waals surface area contributed by atoms with Crippen molar-refractivity contribution in [1.82, 2.24) is 15.3 Å². The first kappa shape index (κ1) is 22.6. The quantitative estimate of drug-likeness (QED) is 0.728. The van der Waals surface area contributed by atoms with E-state index in [1.165, 1.54) is 11.3 Å². The first-order valence-corrected chi connectivity index (χ1v) is 10.6. The molecular weight excluding hydrogens is 384 g/mol. The normalized spacial score (nSPS) is 15.8. The summed E-state index contributed by atoms with van der Waals surface area (Å²) in [7, 11) is 0. The van der Waals surface area contributed by atoms with Gasteiger partial charge in [0.2, 0.25) is 5.91 Å². The van der Waals surface area contributed by atoms with Crippen LogP contribution >= 0.6 is 11.3 Å². The Morgan fingerprint density at radius 3 is 2.76 bits per heavy atom. The number of aryl methyl sites for hydroxylation is 1. The van der Waals surface area contributed by atoms with Crippen LogP contribution in [0.15, 0.2) is 42.6 Å². The maximum Gasteiger partial charge on any atom is 0.230 e. The molecular formula is C22H30N4O2S. The minimum absolute atomic E-state index is 0.0237. The van der Waals surface area contributed by atoms with E-state index in [0.29, 0.717) is 5.13 Å². The van der Waals surface area contributed by atoms with Gasteiger partial charge in [-0.2, -0.15) is 0 Å². The Morgan fingerprint density at radius 2 is 2.10 bits per heavy atom. The fraction of sp³-hybridized carbons (Fsp3) is 0.409. The Kier molecular flexibility index (Phi) is 7.96. The van der Waals surface area contributed by atoms with Crippen LogP contribution in [0.5, 0.6) is 0 Å². The molecule has 0 fully saturated rings. The number of anilines is 1. The SMILES string of the molecule is CC.Cc1ncccc1CC(=O)Nc1ncc(/C=C/C2NC=C(C(C)(C)C)O2)s1. The molecule has 1 amide bonds. The van der Waals surface area contributed by atoms with Crippen molar-refractivity contribution in [2.45, 2.75) is 54.2 Å². The summed E-state index contributed by atoms with van der Waals surface area (Å²) >= 11 is 1.42. The molecule has 0 aromatic carbocycles. The third-order valence-electron chi connectivity index (χ3n) is 4.04. The smallest absolute Gasteiger partial charge is 0.230 e. The number of hydrogen-bond donors (Lipinski definition) is 2. The van der Waals surface area contributed by atoms with Gasteiger partial charge in [-0.25, -0.2) is 4.98 Å². The first-order chi connectivity index (χ1) is 13.8. The molecule has 29 heavy (non-hydrogen) atoms. The average Bonchev–Trinajstić information content (AvgIpc) is 3.33. The van der Waals surface area contributed by atoms with Crippen molar-refractivity contribution in [3.8, 4) is 0 Å². The number of amides is 1. The molecule has 0 aliphatic carbocycles. The number of carbonyl (C=O) groups excluding carboxylic acids is 1. The molecule has 0 bridgehead atoms. The number of thiazole rings is 1. The molecule has 2 N–H and O–H groups in total. The third kappa shape index (κ3) is 6.71. The molecule has 1 atom stereocenters. The predicted molar refractivity (Wildman–Crippen MR) is 119 cm³/mol. The fourth-order valence-corrected chi connectivity index (χ4v) is 3.24. The fourth-order valence-electron chi connectivity index (χ4n) is 2.50. The molecule has 1 aliphatic heterocycles. The Hall–Kier alpha value is -2.67. The zero-order valence-corrected chi connectivity index (χ0v) is 18.8. The van der Waals surface area contributed by atoms with E-state index >= 15 is 0 Å². The minimum atomic E-state index is -0.187. The lowest BCUT2D eigenvalue weighted by atomic mass is 9.95. The summed E-state index contributed by atoms with van der Waals surface area (Å²) in [5, 5.41) is 6.61. The zero-order chi connectivity index (χ0) is 21.4. The highest BCUT2D eigenvalue weighted by Crippen LogP contribution is 2.29. The Morgan fingerprint density at radius 1 is 1.34 bits per heavy atom. The van der Waals surface area contributed by atoms with E-state index < -0.39 is 0 Å². The number of nitrogens with zero attached hydrogens (tertiary/aromatic N) is 2. The van der Waals surface area contributed by atoms with Crippen molar-refractivity contribution in [3.63, 3.8) is 0 Å². The summed E-state index contributed by atoms with van der Waals surface area (Å²) in [6, 6.07) is 3.74. The molecule has 7 heteroatoms. The van der Waals surface area contributed by atoms with Crippen molar-refractivity contribution in [3.05, 3.63) is 58.7 Å². The highest BCUT2D eigenvalue weighted by molar-refractivity contribution is 7.16. The van der Waals surface area contributed by atoms with Crippen LogP contribution < -0.4 is 10.6 Å². The maximum atomic E-state index is 12.2. The summed E-state index contributed by atoms with van der Waals surface area (Å²) < 4.78 is 5.87. The van der Waals surface area contributed by atoms with Crippen molar-refractivity contribution in [2.75, 3.05) is 5.32 Å². The highest BCUT2D eigenvalue weighted by Gasteiger charge is 2.25. The Bertz CT molecular complexity index is 881. The van der Waals surface area contributed by atoms with Crippen molar-refractivity contribution >= 4 is 28.5 Å². The molecule has 1 unspecified atom stereocenters. The van der Waals surface area contributed by atoms with Crippen LogP contribution in [0, 0.1) is 12.3 Å². The van der Waals surface area contributed by atoms with Crippen molar-refractivity contribution < 1.29 is 9.53 Å². The van der Waals surface area contributed by atoms with Crippen LogP contribution in [0.4, 0.5) is 5.13 Å². The minimum Gasteiger partial charge on any atom is -0.469 e. The lowest BCUT2D eigenvalue weighted by Gasteiger charge is -2.20. The lowest BCUT2D eigenvalue weighted by Crippen LogP contribution is -2.19. The van der Waals surface area contributed by atoms with Gasteiger partial charge in [-0.05, 0) is 30.7 Å². The van der Waals surface area contributed by atoms with Gasteiger partial charge >= 0.3 is 0 Å². The summed E-state index contributed by atoms with van der Waals surface area (Å²) in [4.78, 5) is 21.6.